The number of rotatable bonds is 8. The molecule has 1 amide bonds. The molecular formula is C20H31NO4S. The van der Waals surface area contributed by atoms with Crippen LogP contribution in [0.5, 0.6) is 0 Å². The molecule has 26 heavy (non-hydrogen) atoms. The van der Waals surface area contributed by atoms with Crippen molar-refractivity contribution in [3.05, 3.63) is 42.5 Å². The number of carbonyl (C=O) groups excluding carboxylic acids is 1. The van der Waals surface area contributed by atoms with Crippen LogP contribution in [0.1, 0.15) is 46.6 Å². The van der Waals surface area contributed by atoms with Crippen LogP contribution >= 0.6 is 0 Å². The van der Waals surface area contributed by atoms with Crippen molar-refractivity contribution in [2.24, 2.45) is 5.92 Å². The summed E-state index contributed by atoms with van der Waals surface area (Å²) in [4.78, 5) is 14.4. The third-order valence-electron chi connectivity index (χ3n) is 4.20. The zero-order valence-corrected chi connectivity index (χ0v) is 17.4. The van der Waals surface area contributed by atoms with Crippen LogP contribution in [0.2, 0.25) is 0 Å². The number of ether oxygens (including phenoxy) is 1. The summed E-state index contributed by atoms with van der Waals surface area (Å²) in [6.07, 6.45) is 1.44. The van der Waals surface area contributed by atoms with E-state index >= 15 is 0 Å². The minimum atomic E-state index is -3.84. The van der Waals surface area contributed by atoms with E-state index in [-0.39, 0.29) is 17.0 Å². The maximum atomic E-state index is 13.1. The first-order chi connectivity index (χ1) is 12.0. The molecule has 2 unspecified atom stereocenters. The fraction of sp³-hybridized carbons (Fsp3) is 0.550. The van der Waals surface area contributed by atoms with Gasteiger partial charge in [-0.2, -0.15) is 0 Å². The first-order valence-electron chi connectivity index (χ1n) is 8.92. The van der Waals surface area contributed by atoms with Gasteiger partial charge >= 0.3 is 6.09 Å². The second-order valence-corrected chi connectivity index (χ2v) is 9.23. The maximum Gasteiger partial charge on any atom is 0.411 e. The van der Waals surface area contributed by atoms with Gasteiger partial charge in [-0.15, -0.1) is 6.58 Å². The number of amides is 1. The lowest BCUT2D eigenvalue weighted by atomic mass is 10.1. The van der Waals surface area contributed by atoms with E-state index in [0.717, 1.165) is 5.56 Å². The molecule has 0 radical (unpaired) electrons. The molecule has 0 spiro atoms. The van der Waals surface area contributed by atoms with Gasteiger partial charge in [0.05, 0.1) is 4.90 Å². The van der Waals surface area contributed by atoms with E-state index in [1.54, 1.807) is 37.3 Å². The van der Waals surface area contributed by atoms with Crippen molar-refractivity contribution < 1.29 is 17.9 Å². The fourth-order valence-corrected chi connectivity index (χ4v) is 4.62. The number of hydrogen-bond donors (Lipinski definition) is 0. The Hall–Kier alpha value is -1.82. The summed E-state index contributed by atoms with van der Waals surface area (Å²) in [6, 6.07) is 6.38. The predicted molar refractivity (Wildman–Crippen MR) is 105 cm³/mol. The van der Waals surface area contributed by atoms with E-state index in [1.807, 2.05) is 34.6 Å². The summed E-state index contributed by atoms with van der Waals surface area (Å²) in [5.74, 6) is -0.413. The van der Waals surface area contributed by atoms with Crippen molar-refractivity contribution in [1.82, 2.24) is 4.90 Å². The van der Waals surface area contributed by atoms with Crippen LogP contribution in [-0.2, 0) is 14.6 Å². The topological polar surface area (TPSA) is 63.7 Å². The summed E-state index contributed by atoms with van der Waals surface area (Å²) in [5, 5.41) is 0. The van der Waals surface area contributed by atoms with Gasteiger partial charge in [-0.3, -0.25) is 0 Å². The Kier molecular flexibility index (Phi) is 7.87. The molecule has 146 valence electrons. The molecule has 0 aliphatic heterocycles. The molecule has 0 bridgehead atoms. The van der Waals surface area contributed by atoms with Crippen LogP contribution in [0.15, 0.2) is 41.8 Å². The first kappa shape index (κ1) is 22.2. The molecule has 0 heterocycles. The summed E-state index contributed by atoms with van der Waals surface area (Å²) in [5.41, 5.74) is -0.307. The second kappa shape index (κ2) is 9.21. The second-order valence-electron chi connectivity index (χ2n) is 7.21. The molecule has 0 aromatic heterocycles. The van der Waals surface area contributed by atoms with Gasteiger partial charge < -0.3 is 9.64 Å². The van der Waals surface area contributed by atoms with Crippen molar-refractivity contribution in [3.63, 3.8) is 0 Å². The van der Waals surface area contributed by atoms with Gasteiger partial charge in [-0.05, 0) is 53.2 Å². The molecule has 1 aromatic carbocycles. The molecule has 5 nitrogen and oxygen atoms in total. The number of nitrogens with zero attached hydrogens (tertiary/aromatic N) is 1. The van der Waals surface area contributed by atoms with Gasteiger partial charge in [-0.25, -0.2) is 13.2 Å². The lowest BCUT2D eigenvalue weighted by molar-refractivity contribution is 0.0545. The minimum Gasteiger partial charge on any atom is -0.429 e. The highest BCUT2D eigenvalue weighted by molar-refractivity contribution is 7.92. The molecule has 0 saturated carbocycles. The Morgan fingerprint density at radius 1 is 1.12 bits per heavy atom. The Labute approximate surface area is 158 Å². The van der Waals surface area contributed by atoms with Gasteiger partial charge in [0.15, 0.2) is 0 Å². The zero-order valence-electron chi connectivity index (χ0n) is 16.6. The average Bonchev–Trinajstić information content (AvgIpc) is 2.52. The van der Waals surface area contributed by atoms with Crippen LogP contribution in [0.25, 0.3) is 0 Å². The Morgan fingerprint density at radius 2 is 1.62 bits per heavy atom. The van der Waals surface area contributed by atoms with Crippen LogP contribution in [0.4, 0.5) is 4.79 Å². The number of hydrogen-bond acceptors (Lipinski definition) is 4. The third kappa shape index (κ3) is 5.34. The van der Waals surface area contributed by atoms with Gasteiger partial charge in [-0.1, -0.05) is 30.7 Å². The highest BCUT2D eigenvalue weighted by atomic mass is 32.2. The van der Waals surface area contributed by atoms with E-state index in [9.17, 15) is 13.2 Å². The van der Waals surface area contributed by atoms with E-state index in [2.05, 4.69) is 6.58 Å². The molecule has 1 rings (SSSR count). The van der Waals surface area contributed by atoms with Crippen molar-refractivity contribution in [3.8, 4) is 0 Å². The maximum absolute atomic E-state index is 13.1. The van der Waals surface area contributed by atoms with Crippen molar-refractivity contribution in [1.29, 1.82) is 0 Å². The van der Waals surface area contributed by atoms with Crippen molar-refractivity contribution >= 4 is 15.9 Å². The van der Waals surface area contributed by atoms with E-state index in [1.165, 1.54) is 4.90 Å². The Morgan fingerprint density at radius 3 is 2.04 bits per heavy atom. The summed E-state index contributed by atoms with van der Waals surface area (Å²) >= 11 is 0. The van der Waals surface area contributed by atoms with E-state index in [0.29, 0.717) is 6.42 Å². The number of sulfone groups is 1. The van der Waals surface area contributed by atoms with E-state index in [4.69, 9.17) is 4.74 Å². The predicted octanol–water partition coefficient (Wildman–Crippen LogP) is 4.56. The normalized spacial score (nSPS) is 14.2. The monoisotopic (exact) mass is 381 g/mol. The zero-order chi connectivity index (χ0) is 20.1. The number of benzene rings is 1. The summed E-state index contributed by atoms with van der Waals surface area (Å²) in [6.45, 7) is 14.8. The molecule has 0 fully saturated rings. The van der Waals surface area contributed by atoms with Crippen LogP contribution in [-0.4, -0.2) is 36.9 Å². The molecular weight excluding hydrogens is 350 g/mol. The van der Waals surface area contributed by atoms with Crippen LogP contribution < -0.4 is 0 Å². The lowest BCUT2D eigenvalue weighted by Crippen LogP contribution is -2.46. The lowest BCUT2D eigenvalue weighted by Gasteiger charge is -2.32. The Balaban J connectivity index is 3.25. The quantitative estimate of drug-likeness (QED) is 0.619. The molecule has 6 heteroatoms. The molecule has 0 saturated heterocycles. The SMILES string of the molecule is C=CCC(C)C(OC(=O)N(C(C)C)C(C)C)S(=O)(=O)c1ccc(C)cc1. The van der Waals surface area contributed by atoms with Gasteiger partial charge in [0, 0.05) is 18.0 Å². The fourth-order valence-electron chi connectivity index (χ4n) is 2.90. The van der Waals surface area contributed by atoms with E-state index < -0.39 is 27.3 Å². The number of carbonyl (C=O) groups is 1. The molecule has 2 atom stereocenters. The number of allylic oxidation sites excluding steroid dienone is 1. The van der Waals surface area contributed by atoms with Crippen LogP contribution in [0.3, 0.4) is 0 Å². The minimum absolute atomic E-state index is 0.0973. The largest absolute Gasteiger partial charge is 0.429 e. The Bertz CT molecular complexity index is 700. The van der Waals surface area contributed by atoms with Gasteiger partial charge in [0.2, 0.25) is 15.3 Å². The molecule has 1 aromatic rings. The molecule has 0 aliphatic carbocycles. The number of aryl methyl sites for hydroxylation is 1. The van der Waals surface area contributed by atoms with Crippen LogP contribution in [0, 0.1) is 12.8 Å². The standard InChI is InChI=1S/C20H31NO4S/c1-8-9-17(7)19(25-20(22)21(14(2)3)15(4)5)26(23,24)18-12-10-16(6)11-13-18/h8,10-15,17,19H,1,9H2,2-7H3. The first-order valence-corrected chi connectivity index (χ1v) is 10.5. The summed E-state index contributed by atoms with van der Waals surface area (Å²) < 4.78 is 31.8. The summed E-state index contributed by atoms with van der Waals surface area (Å²) in [7, 11) is -3.84. The van der Waals surface area contributed by atoms with Crippen molar-refractivity contribution in [2.45, 2.75) is 70.4 Å². The highest BCUT2D eigenvalue weighted by Gasteiger charge is 2.37. The smallest absolute Gasteiger partial charge is 0.411 e. The average molecular weight is 382 g/mol. The molecule has 0 N–H and O–H groups in total. The van der Waals surface area contributed by atoms with Gasteiger partial charge in [0.1, 0.15) is 0 Å². The van der Waals surface area contributed by atoms with Crippen molar-refractivity contribution in [2.75, 3.05) is 0 Å². The third-order valence-corrected chi connectivity index (χ3v) is 6.30. The van der Waals surface area contributed by atoms with Gasteiger partial charge in [0.25, 0.3) is 0 Å². The highest BCUT2D eigenvalue weighted by Crippen LogP contribution is 2.26. The molecule has 0 aliphatic rings.